The number of rotatable bonds is 6. The molecular formula is C24H21N3O3. The number of ether oxygens (including phenoxy) is 1. The lowest BCUT2D eigenvalue weighted by Crippen LogP contribution is -2.33. The number of amides is 1. The topological polar surface area (TPSA) is 73.2 Å². The molecule has 1 aromatic heterocycles. The SMILES string of the molecule is COc1cccc(CNC(=O)Cn2nc(-c3cccc4ccccc34)ccc2=O)c1. The molecular weight excluding hydrogens is 378 g/mol. The zero-order valence-electron chi connectivity index (χ0n) is 16.5. The Kier molecular flexibility index (Phi) is 5.57. The van der Waals surface area contributed by atoms with Gasteiger partial charge in [-0.05, 0) is 34.5 Å². The van der Waals surface area contributed by atoms with Gasteiger partial charge < -0.3 is 10.1 Å². The Morgan fingerprint density at radius 2 is 1.80 bits per heavy atom. The summed E-state index contributed by atoms with van der Waals surface area (Å²) in [7, 11) is 1.60. The summed E-state index contributed by atoms with van der Waals surface area (Å²) in [5.74, 6) is 0.435. The van der Waals surface area contributed by atoms with Crippen molar-refractivity contribution in [3.8, 4) is 17.0 Å². The molecule has 4 aromatic rings. The molecule has 0 saturated heterocycles. The molecule has 0 saturated carbocycles. The number of nitrogens with one attached hydrogen (secondary N) is 1. The molecule has 3 aromatic carbocycles. The molecule has 0 aliphatic heterocycles. The van der Waals surface area contributed by atoms with E-state index in [1.165, 1.54) is 10.7 Å². The lowest BCUT2D eigenvalue weighted by molar-refractivity contribution is -0.122. The normalized spacial score (nSPS) is 10.7. The van der Waals surface area contributed by atoms with E-state index in [0.29, 0.717) is 12.2 Å². The predicted octanol–water partition coefficient (Wildman–Crippen LogP) is 3.39. The predicted molar refractivity (Wildman–Crippen MR) is 116 cm³/mol. The summed E-state index contributed by atoms with van der Waals surface area (Å²) in [4.78, 5) is 24.7. The molecule has 0 fully saturated rings. The van der Waals surface area contributed by atoms with Crippen molar-refractivity contribution in [1.29, 1.82) is 0 Å². The van der Waals surface area contributed by atoms with Crippen molar-refractivity contribution in [3.05, 3.63) is 94.8 Å². The van der Waals surface area contributed by atoms with Crippen LogP contribution in [0.2, 0.25) is 0 Å². The van der Waals surface area contributed by atoms with Crippen LogP contribution in [0, 0.1) is 0 Å². The minimum Gasteiger partial charge on any atom is -0.497 e. The van der Waals surface area contributed by atoms with Crippen LogP contribution in [0.4, 0.5) is 0 Å². The van der Waals surface area contributed by atoms with Gasteiger partial charge in [0, 0.05) is 18.2 Å². The Labute approximate surface area is 173 Å². The van der Waals surface area contributed by atoms with Crippen molar-refractivity contribution < 1.29 is 9.53 Å². The van der Waals surface area contributed by atoms with Gasteiger partial charge in [-0.1, -0.05) is 54.6 Å². The number of hydrogen-bond donors (Lipinski definition) is 1. The first kappa shape index (κ1) is 19.4. The highest BCUT2D eigenvalue weighted by molar-refractivity contribution is 5.95. The fourth-order valence-corrected chi connectivity index (χ4v) is 3.33. The van der Waals surface area contributed by atoms with E-state index in [1.54, 1.807) is 13.2 Å². The average Bonchev–Trinajstić information content (AvgIpc) is 2.79. The summed E-state index contributed by atoms with van der Waals surface area (Å²) in [6, 6.07) is 24.5. The monoisotopic (exact) mass is 399 g/mol. The van der Waals surface area contributed by atoms with Gasteiger partial charge in [0.15, 0.2) is 0 Å². The van der Waals surface area contributed by atoms with Crippen LogP contribution in [0.25, 0.3) is 22.0 Å². The van der Waals surface area contributed by atoms with Crippen LogP contribution in [0.5, 0.6) is 5.75 Å². The number of aromatic nitrogens is 2. The zero-order valence-corrected chi connectivity index (χ0v) is 16.5. The van der Waals surface area contributed by atoms with Crippen molar-refractivity contribution in [3.63, 3.8) is 0 Å². The molecule has 150 valence electrons. The van der Waals surface area contributed by atoms with Crippen LogP contribution in [0.3, 0.4) is 0 Å². The molecule has 0 unspecified atom stereocenters. The molecule has 0 bridgehead atoms. The smallest absolute Gasteiger partial charge is 0.267 e. The third kappa shape index (κ3) is 4.22. The minimum atomic E-state index is -0.324. The van der Waals surface area contributed by atoms with E-state index in [1.807, 2.05) is 66.7 Å². The number of benzene rings is 3. The van der Waals surface area contributed by atoms with Crippen molar-refractivity contribution in [1.82, 2.24) is 15.1 Å². The van der Waals surface area contributed by atoms with Crippen LogP contribution in [0.15, 0.2) is 83.7 Å². The van der Waals surface area contributed by atoms with Gasteiger partial charge in [0.25, 0.3) is 5.56 Å². The largest absolute Gasteiger partial charge is 0.497 e. The maximum atomic E-state index is 12.4. The highest BCUT2D eigenvalue weighted by Crippen LogP contribution is 2.26. The van der Waals surface area contributed by atoms with Gasteiger partial charge in [-0.3, -0.25) is 9.59 Å². The summed E-state index contributed by atoms with van der Waals surface area (Å²) in [6.45, 7) is 0.190. The first-order valence-electron chi connectivity index (χ1n) is 9.60. The lowest BCUT2D eigenvalue weighted by Gasteiger charge is -2.10. The first-order valence-corrected chi connectivity index (χ1v) is 9.60. The number of nitrogens with zero attached hydrogens (tertiary/aromatic N) is 2. The molecule has 1 N–H and O–H groups in total. The van der Waals surface area contributed by atoms with E-state index >= 15 is 0 Å². The van der Waals surface area contributed by atoms with Gasteiger partial charge in [0.05, 0.1) is 12.8 Å². The number of hydrogen-bond acceptors (Lipinski definition) is 4. The van der Waals surface area contributed by atoms with Crippen LogP contribution >= 0.6 is 0 Å². The van der Waals surface area contributed by atoms with Crippen molar-refractivity contribution in [2.45, 2.75) is 13.1 Å². The summed E-state index contributed by atoms with van der Waals surface area (Å²) in [6.07, 6.45) is 0. The summed E-state index contributed by atoms with van der Waals surface area (Å²) in [5.41, 5.74) is 2.15. The molecule has 1 heterocycles. The standard InChI is InChI=1S/C24H21N3O3/c1-30-19-9-4-6-17(14-19)15-25-23(28)16-27-24(29)13-12-22(26-27)21-11-5-8-18-7-2-3-10-20(18)21/h2-14H,15-16H2,1H3,(H,25,28). The third-order valence-corrected chi connectivity index (χ3v) is 4.85. The van der Waals surface area contributed by atoms with E-state index < -0.39 is 0 Å². The van der Waals surface area contributed by atoms with E-state index in [-0.39, 0.29) is 18.0 Å². The second-order valence-electron chi connectivity index (χ2n) is 6.87. The van der Waals surface area contributed by atoms with Crippen LogP contribution < -0.4 is 15.6 Å². The number of methoxy groups -OCH3 is 1. The molecule has 0 aliphatic carbocycles. The molecule has 0 spiro atoms. The maximum Gasteiger partial charge on any atom is 0.267 e. The van der Waals surface area contributed by atoms with Gasteiger partial charge in [-0.15, -0.1) is 0 Å². The molecule has 0 atom stereocenters. The van der Waals surface area contributed by atoms with Crippen molar-refractivity contribution >= 4 is 16.7 Å². The van der Waals surface area contributed by atoms with Gasteiger partial charge >= 0.3 is 0 Å². The van der Waals surface area contributed by atoms with E-state index in [2.05, 4.69) is 10.4 Å². The Morgan fingerprint density at radius 3 is 2.67 bits per heavy atom. The fraction of sp³-hybridized carbons (Fsp3) is 0.125. The molecule has 1 amide bonds. The van der Waals surface area contributed by atoms with Crippen LogP contribution in [-0.4, -0.2) is 22.8 Å². The summed E-state index contributed by atoms with van der Waals surface area (Å²) >= 11 is 0. The highest BCUT2D eigenvalue weighted by Gasteiger charge is 2.10. The summed E-state index contributed by atoms with van der Waals surface area (Å²) in [5, 5.41) is 9.39. The average molecular weight is 399 g/mol. The highest BCUT2D eigenvalue weighted by atomic mass is 16.5. The Bertz CT molecular complexity index is 1260. The Balaban J connectivity index is 1.53. The van der Waals surface area contributed by atoms with E-state index in [9.17, 15) is 9.59 Å². The second kappa shape index (κ2) is 8.61. The molecule has 6 heteroatoms. The fourth-order valence-electron chi connectivity index (χ4n) is 3.33. The van der Waals surface area contributed by atoms with E-state index in [0.717, 1.165) is 27.6 Å². The van der Waals surface area contributed by atoms with Crippen LogP contribution in [-0.2, 0) is 17.9 Å². The van der Waals surface area contributed by atoms with Gasteiger partial charge in [-0.25, -0.2) is 4.68 Å². The minimum absolute atomic E-state index is 0.151. The molecule has 0 aliphatic rings. The quantitative estimate of drug-likeness (QED) is 0.539. The zero-order chi connectivity index (χ0) is 20.9. The van der Waals surface area contributed by atoms with Gasteiger partial charge in [0.2, 0.25) is 5.91 Å². The molecule has 0 radical (unpaired) electrons. The maximum absolute atomic E-state index is 12.4. The van der Waals surface area contributed by atoms with Crippen molar-refractivity contribution in [2.75, 3.05) is 7.11 Å². The Morgan fingerprint density at radius 1 is 1.00 bits per heavy atom. The second-order valence-corrected chi connectivity index (χ2v) is 6.87. The van der Waals surface area contributed by atoms with Gasteiger partial charge in [0.1, 0.15) is 12.3 Å². The first-order chi connectivity index (χ1) is 14.6. The van der Waals surface area contributed by atoms with E-state index in [4.69, 9.17) is 4.74 Å². The Hall–Kier alpha value is -3.93. The molecule has 30 heavy (non-hydrogen) atoms. The van der Waals surface area contributed by atoms with Crippen molar-refractivity contribution in [2.24, 2.45) is 0 Å². The molecule has 4 rings (SSSR count). The lowest BCUT2D eigenvalue weighted by atomic mass is 10.0. The van der Waals surface area contributed by atoms with Crippen LogP contribution in [0.1, 0.15) is 5.56 Å². The summed E-state index contributed by atoms with van der Waals surface area (Å²) < 4.78 is 6.38. The number of fused-ring (bicyclic) bond motifs is 1. The number of carbonyl (C=O) groups excluding carboxylic acids is 1. The third-order valence-electron chi connectivity index (χ3n) is 4.85. The van der Waals surface area contributed by atoms with Gasteiger partial charge in [-0.2, -0.15) is 5.10 Å². The number of carbonyl (C=O) groups is 1. The molecule has 6 nitrogen and oxygen atoms in total.